The molecule has 1 fully saturated rings. The van der Waals surface area contributed by atoms with Crippen LogP contribution in [0.3, 0.4) is 0 Å². The molecule has 7 heteroatoms. The van der Waals surface area contributed by atoms with Crippen molar-refractivity contribution >= 4 is 12.0 Å². The van der Waals surface area contributed by atoms with Crippen LogP contribution in [-0.2, 0) is 11.4 Å². The van der Waals surface area contributed by atoms with Gasteiger partial charge in [0.2, 0.25) is 6.79 Å². The number of amides is 1. The van der Waals surface area contributed by atoms with Crippen molar-refractivity contribution in [2.75, 3.05) is 13.4 Å². The third kappa shape index (κ3) is 5.63. The molecule has 0 bridgehead atoms. The number of carbonyl (C=O) groups is 1. The lowest BCUT2D eigenvalue weighted by Gasteiger charge is -2.29. The second-order valence-corrected chi connectivity index (χ2v) is 8.63. The van der Waals surface area contributed by atoms with Gasteiger partial charge in [0.15, 0.2) is 23.0 Å². The zero-order valence-electron chi connectivity index (χ0n) is 19.6. The van der Waals surface area contributed by atoms with E-state index in [2.05, 4.69) is 12.2 Å². The highest BCUT2D eigenvalue weighted by atomic mass is 16.7. The monoisotopic (exact) mass is 462 g/mol. The zero-order chi connectivity index (χ0) is 23.9. The molecule has 1 saturated carbocycles. The predicted octanol–water partition coefficient (Wildman–Crippen LogP) is 4.99. The van der Waals surface area contributed by atoms with Crippen molar-refractivity contribution in [1.29, 1.82) is 5.26 Å². The van der Waals surface area contributed by atoms with Crippen LogP contribution < -0.4 is 24.3 Å². The average Bonchev–Trinajstić information content (AvgIpc) is 3.31. The fourth-order valence-electron chi connectivity index (χ4n) is 4.29. The van der Waals surface area contributed by atoms with Crippen LogP contribution in [0.4, 0.5) is 0 Å². The van der Waals surface area contributed by atoms with Gasteiger partial charge in [0.05, 0.1) is 6.61 Å². The van der Waals surface area contributed by atoms with Gasteiger partial charge in [0.1, 0.15) is 18.2 Å². The Morgan fingerprint density at radius 3 is 2.74 bits per heavy atom. The first-order valence-electron chi connectivity index (χ1n) is 11.8. The molecule has 34 heavy (non-hydrogen) atoms. The van der Waals surface area contributed by atoms with E-state index < -0.39 is 0 Å². The average molecular weight is 463 g/mol. The van der Waals surface area contributed by atoms with Gasteiger partial charge >= 0.3 is 0 Å². The third-order valence-electron chi connectivity index (χ3n) is 6.20. The summed E-state index contributed by atoms with van der Waals surface area (Å²) in [5.41, 5.74) is 1.72. The van der Waals surface area contributed by atoms with E-state index in [1.807, 2.05) is 37.3 Å². The maximum atomic E-state index is 12.7. The van der Waals surface area contributed by atoms with Gasteiger partial charge in [-0.25, -0.2) is 0 Å². The minimum atomic E-state index is -0.331. The normalized spacial score (nSPS) is 19.3. The second-order valence-electron chi connectivity index (χ2n) is 8.63. The highest BCUT2D eigenvalue weighted by Gasteiger charge is 2.24. The Hall–Kier alpha value is -3.66. The van der Waals surface area contributed by atoms with Gasteiger partial charge in [-0.15, -0.1) is 0 Å². The van der Waals surface area contributed by atoms with Crippen LogP contribution in [-0.4, -0.2) is 25.3 Å². The van der Waals surface area contributed by atoms with Crippen LogP contribution in [0.15, 0.2) is 42.0 Å². The number of carbonyl (C=O) groups excluding carboxylic acids is 1. The molecule has 2 atom stereocenters. The lowest BCUT2D eigenvalue weighted by molar-refractivity contribution is -0.118. The minimum Gasteiger partial charge on any atom is -0.490 e. The van der Waals surface area contributed by atoms with E-state index in [1.54, 1.807) is 18.2 Å². The molecule has 0 unspecified atom stereocenters. The van der Waals surface area contributed by atoms with E-state index in [1.165, 1.54) is 6.42 Å². The molecule has 0 spiro atoms. The van der Waals surface area contributed by atoms with Gasteiger partial charge in [-0.2, -0.15) is 5.26 Å². The highest BCUT2D eigenvalue weighted by Crippen LogP contribution is 2.34. The molecule has 1 aliphatic carbocycles. The summed E-state index contributed by atoms with van der Waals surface area (Å²) >= 11 is 0. The molecule has 2 aliphatic rings. The molecule has 0 saturated heterocycles. The van der Waals surface area contributed by atoms with Crippen molar-refractivity contribution in [3.63, 3.8) is 0 Å². The van der Waals surface area contributed by atoms with Crippen LogP contribution in [0.2, 0.25) is 0 Å². The van der Waals surface area contributed by atoms with Crippen molar-refractivity contribution < 1.29 is 23.7 Å². The van der Waals surface area contributed by atoms with E-state index in [0.717, 1.165) is 30.6 Å². The van der Waals surface area contributed by atoms with Crippen LogP contribution in [0.5, 0.6) is 23.0 Å². The highest BCUT2D eigenvalue weighted by molar-refractivity contribution is 6.01. The Balaban J connectivity index is 1.46. The van der Waals surface area contributed by atoms with Crippen molar-refractivity contribution in [3.05, 3.63) is 53.1 Å². The van der Waals surface area contributed by atoms with Crippen LogP contribution >= 0.6 is 0 Å². The topological polar surface area (TPSA) is 89.8 Å². The zero-order valence-corrected chi connectivity index (χ0v) is 19.6. The lowest BCUT2D eigenvalue weighted by Crippen LogP contribution is -2.41. The van der Waals surface area contributed by atoms with Gasteiger partial charge in [0.25, 0.3) is 5.91 Å². The fourth-order valence-corrected chi connectivity index (χ4v) is 4.29. The number of nitriles is 1. The van der Waals surface area contributed by atoms with E-state index in [9.17, 15) is 10.1 Å². The minimum absolute atomic E-state index is 0.0780. The first kappa shape index (κ1) is 23.5. The summed E-state index contributed by atoms with van der Waals surface area (Å²) < 4.78 is 22.5. The Kier molecular flexibility index (Phi) is 7.58. The Labute approximate surface area is 200 Å². The maximum absolute atomic E-state index is 12.7. The number of nitrogens with one attached hydrogen (secondary N) is 1. The molecule has 1 amide bonds. The Bertz CT molecular complexity index is 1100. The van der Waals surface area contributed by atoms with Crippen LogP contribution in [0.25, 0.3) is 6.08 Å². The number of ether oxygens (including phenoxy) is 4. The predicted molar refractivity (Wildman–Crippen MR) is 128 cm³/mol. The van der Waals surface area contributed by atoms with Crippen molar-refractivity contribution in [2.45, 2.75) is 52.2 Å². The van der Waals surface area contributed by atoms with Gasteiger partial charge in [-0.05, 0) is 67.2 Å². The van der Waals surface area contributed by atoms with Crippen LogP contribution in [0.1, 0.15) is 50.7 Å². The van der Waals surface area contributed by atoms with Gasteiger partial charge in [0, 0.05) is 6.04 Å². The van der Waals surface area contributed by atoms with Crippen molar-refractivity contribution in [2.24, 2.45) is 5.92 Å². The number of rotatable bonds is 8. The summed E-state index contributed by atoms with van der Waals surface area (Å²) in [7, 11) is 0. The standard InChI is InChI=1S/C27H30N2O5/c1-3-31-25-13-19(12-21(15-28)27(30)29-22-7-5-4-6-18(22)2)8-10-23(25)32-16-20-9-11-24-26(14-20)34-17-33-24/h8-14,18,22H,3-7,16-17H2,1-2H3,(H,29,30)/b21-12+/t18-,22-/m0/s1. The summed E-state index contributed by atoms with van der Waals surface area (Å²) in [5.74, 6) is 2.65. The van der Waals surface area contributed by atoms with Gasteiger partial charge in [-0.3, -0.25) is 4.79 Å². The number of hydrogen-bond acceptors (Lipinski definition) is 6. The summed E-state index contributed by atoms with van der Waals surface area (Å²) in [6.07, 6.45) is 5.94. The SMILES string of the molecule is CCOc1cc(/C=C(\C#N)C(=O)N[C@H]2CCCC[C@@H]2C)ccc1OCc1ccc2c(c1)OCO2. The number of benzene rings is 2. The fraction of sp³-hybridized carbons (Fsp3) is 0.407. The van der Waals surface area contributed by atoms with E-state index in [-0.39, 0.29) is 24.3 Å². The molecular weight excluding hydrogens is 432 g/mol. The lowest BCUT2D eigenvalue weighted by atomic mass is 9.86. The van der Waals surface area contributed by atoms with E-state index in [4.69, 9.17) is 18.9 Å². The van der Waals surface area contributed by atoms with Gasteiger partial charge in [-0.1, -0.05) is 31.9 Å². The molecule has 1 heterocycles. The molecule has 2 aromatic carbocycles. The van der Waals surface area contributed by atoms with Crippen molar-refractivity contribution in [3.8, 4) is 29.1 Å². The number of fused-ring (bicyclic) bond motifs is 1. The summed E-state index contributed by atoms with van der Waals surface area (Å²) in [4.78, 5) is 12.7. The molecular formula is C27H30N2O5. The number of hydrogen-bond donors (Lipinski definition) is 1. The Morgan fingerprint density at radius 1 is 1.12 bits per heavy atom. The molecule has 0 aromatic heterocycles. The smallest absolute Gasteiger partial charge is 0.262 e. The third-order valence-corrected chi connectivity index (χ3v) is 6.20. The van der Waals surface area contributed by atoms with Crippen molar-refractivity contribution in [1.82, 2.24) is 5.32 Å². The largest absolute Gasteiger partial charge is 0.490 e. The van der Waals surface area contributed by atoms with E-state index in [0.29, 0.717) is 41.9 Å². The molecule has 1 aliphatic heterocycles. The maximum Gasteiger partial charge on any atom is 0.262 e. The summed E-state index contributed by atoms with van der Waals surface area (Å²) in [6, 6.07) is 13.2. The molecule has 1 N–H and O–H groups in total. The van der Waals surface area contributed by atoms with Crippen LogP contribution in [0, 0.1) is 17.2 Å². The first-order chi connectivity index (χ1) is 16.6. The second kappa shape index (κ2) is 11.0. The number of nitrogens with zero attached hydrogens (tertiary/aromatic N) is 1. The Morgan fingerprint density at radius 2 is 1.94 bits per heavy atom. The van der Waals surface area contributed by atoms with Gasteiger partial charge < -0.3 is 24.3 Å². The molecule has 7 nitrogen and oxygen atoms in total. The summed E-state index contributed by atoms with van der Waals surface area (Å²) in [6.45, 7) is 5.06. The first-order valence-corrected chi connectivity index (χ1v) is 11.8. The van der Waals surface area contributed by atoms with E-state index >= 15 is 0 Å². The molecule has 2 aromatic rings. The molecule has 0 radical (unpaired) electrons. The molecule has 178 valence electrons. The molecule has 4 rings (SSSR count). The summed E-state index contributed by atoms with van der Waals surface area (Å²) in [5, 5.41) is 12.6. The quantitative estimate of drug-likeness (QED) is 0.439.